The molecular weight excluding hydrogens is 252 g/mol. The van der Waals surface area contributed by atoms with Gasteiger partial charge in [-0.3, -0.25) is 4.79 Å². The van der Waals surface area contributed by atoms with Gasteiger partial charge in [0.15, 0.2) is 0 Å². The Kier molecular flexibility index (Phi) is 4.55. The maximum absolute atomic E-state index is 11.3. The molecule has 2 rings (SSSR count). The predicted octanol–water partition coefficient (Wildman–Crippen LogP) is 2.68. The quantitative estimate of drug-likeness (QED) is 0.488. The molecule has 3 nitrogen and oxygen atoms in total. The second-order valence-electron chi connectivity index (χ2n) is 6.56. The van der Waals surface area contributed by atoms with Gasteiger partial charge in [-0.1, -0.05) is 26.0 Å². The molecule has 1 heterocycles. The zero-order chi connectivity index (χ0) is 14.8. The van der Waals surface area contributed by atoms with Gasteiger partial charge in [0, 0.05) is 17.8 Å². The molecule has 0 spiro atoms. The summed E-state index contributed by atoms with van der Waals surface area (Å²) in [5, 5.41) is 10.3. The maximum atomic E-state index is 11.3. The number of carbonyl (C=O) groups excluding carboxylic acids is 1. The van der Waals surface area contributed by atoms with Crippen molar-refractivity contribution in [1.29, 1.82) is 0 Å². The Morgan fingerprint density at radius 1 is 1.50 bits per heavy atom. The smallest absolute Gasteiger partial charge is 0.306 e. The SMILES string of the molecule is CC#CCC(C)(C)[C@@H](O)C=C[C@H]1CC[C@@H]2OC(=O)C[C@@H]21. The van der Waals surface area contributed by atoms with E-state index in [1.165, 1.54) is 0 Å². The minimum absolute atomic E-state index is 0.0720. The van der Waals surface area contributed by atoms with Crippen LogP contribution in [-0.4, -0.2) is 23.3 Å². The zero-order valence-corrected chi connectivity index (χ0v) is 12.6. The van der Waals surface area contributed by atoms with Gasteiger partial charge in [-0.05, 0) is 25.7 Å². The number of hydrogen-bond acceptors (Lipinski definition) is 3. The molecule has 2 aliphatic rings. The van der Waals surface area contributed by atoms with E-state index >= 15 is 0 Å². The molecule has 1 saturated carbocycles. The average Bonchev–Trinajstić information content (AvgIpc) is 2.93. The molecular formula is C17H24O3. The van der Waals surface area contributed by atoms with Crippen LogP contribution in [0.4, 0.5) is 0 Å². The van der Waals surface area contributed by atoms with Gasteiger partial charge in [-0.25, -0.2) is 0 Å². The fourth-order valence-corrected chi connectivity index (χ4v) is 3.07. The van der Waals surface area contributed by atoms with Crippen molar-refractivity contribution in [2.75, 3.05) is 0 Å². The molecule has 0 aromatic heterocycles. The van der Waals surface area contributed by atoms with E-state index in [1.807, 2.05) is 26.8 Å². The molecule has 4 atom stereocenters. The molecule has 20 heavy (non-hydrogen) atoms. The van der Waals surface area contributed by atoms with E-state index < -0.39 is 6.10 Å². The Hall–Kier alpha value is -1.27. The second-order valence-corrected chi connectivity index (χ2v) is 6.56. The van der Waals surface area contributed by atoms with Crippen LogP contribution in [0.15, 0.2) is 12.2 Å². The van der Waals surface area contributed by atoms with Gasteiger partial charge in [0.25, 0.3) is 0 Å². The highest BCUT2D eigenvalue weighted by atomic mass is 16.5. The number of ether oxygens (including phenoxy) is 1. The van der Waals surface area contributed by atoms with Gasteiger partial charge < -0.3 is 9.84 Å². The zero-order valence-electron chi connectivity index (χ0n) is 12.6. The maximum Gasteiger partial charge on any atom is 0.306 e. The van der Waals surface area contributed by atoms with Gasteiger partial charge in [0.2, 0.25) is 0 Å². The third-order valence-electron chi connectivity index (χ3n) is 4.56. The lowest BCUT2D eigenvalue weighted by molar-refractivity contribution is -0.141. The molecule has 1 aliphatic carbocycles. The van der Waals surface area contributed by atoms with Crippen LogP contribution in [0.5, 0.6) is 0 Å². The van der Waals surface area contributed by atoms with Crippen LogP contribution in [-0.2, 0) is 9.53 Å². The summed E-state index contributed by atoms with van der Waals surface area (Å²) < 4.78 is 5.29. The summed E-state index contributed by atoms with van der Waals surface area (Å²) in [6, 6.07) is 0. The van der Waals surface area contributed by atoms with Crippen LogP contribution in [0, 0.1) is 29.1 Å². The van der Waals surface area contributed by atoms with Gasteiger partial charge in [0.05, 0.1) is 12.5 Å². The van der Waals surface area contributed by atoms with Crippen LogP contribution < -0.4 is 0 Å². The van der Waals surface area contributed by atoms with Crippen LogP contribution in [0.3, 0.4) is 0 Å². The molecule has 0 amide bonds. The van der Waals surface area contributed by atoms with Crippen molar-refractivity contribution in [3.8, 4) is 11.8 Å². The lowest BCUT2D eigenvalue weighted by atomic mass is 9.82. The molecule has 1 aliphatic heterocycles. The van der Waals surface area contributed by atoms with Crippen LogP contribution >= 0.6 is 0 Å². The summed E-state index contributed by atoms with van der Waals surface area (Å²) in [6.45, 7) is 5.85. The molecule has 0 bridgehead atoms. The van der Waals surface area contributed by atoms with Crippen molar-refractivity contribution < 1.29 is 14.6 Å². The van der Waals surface area contributed by atoms with E-state index in [2.05, 4.69) is 17.9 Å². The monoisotopic (exact) mass is 276 g/mol. The van der Waals surface area contributed by atoms with Crippen molar-refractivity contribution >= 4 is 5.97 Å². The number of aliphatic hydroxyl groups excluding tert-OH is 1. The normalized spacial score (nSPS) is 30.8. The Balaban J connectivity index is 1.95. The van der Waals surface area contributed by atoms with Crippen molar-refractivity contribution in [2.45, 2.75) is 58.7 Å². The van der Waals surface area contributed by atoms with Crippen molar-refractivity contribution in [3.05, 3.63) is 12.2 Å². The van der Waals surface area contributed by atoms with E-state index in [1.54, 1.807) is 0 Å². The number of aliphatic hydroxyl groups is 1. The van der Waals surface area contributed by atoms with Crippen molar-refractivity contribution in [3.63, 3.8) is 0 Å². The lowest BCUT2D eigenvalue weighted by Gasteiger charge is -2.26. The van der Waals surface area contributed by atoms with E-state index in [0.717, 1.165) is 12.8 Å². The molecule has 3 heteroatoms. The highest BCUT2D eigenvalue weighted by molar-refractivity contribution is 5.72. The summed E-state index contributed by atoms with van der Waals surface area (Å²) in [4.78, 5) is 11.3. The van der Waals surface area contributed by atoms with Gasteiger partial charge >= 0.3 is 5.97 Å². The molecule has 0 unspecified atom stereocenters. The average molecular weight is 276 g/mol. The Morgan fingerprint density at radius 2 is 2.25 bits per heavy atom. The van der Waals surface area contributed by atoms with E-state index in [-0.39, 0.29) is 17.5 Å². The minimum atomic E-state index is -0.513. The first-order valence-corrected chi connectivity index (χ1v) is 7.39. The fourth-order valence-electron chi connectivity index (χ4n) is 3.07. The number of carbonyl (C=O) groups is 1. The first kappa shape index (κ1) is 15.1. The summed E-state index contributed by atoms with van der Waals surface area (Å²) in [5.74, 6) is 6.50. The fraction of sp³-hybridized carbons (Fsp3) is 0.706. The van der Waals surface area contributed by atoms with Crippen LogP contribution in [0.25, 0.3) is 0 Å². The topological polar surface area (TPSA) is 46.5 Å². The highest BCUT2D eigenvalue weighted by Crippen LogP contribution is 2.42. The summed E-state index contributed by atoms with van der Waals surface area (Å²) >= 11 is 0. The lowest BCUT2D eigenvalue weighted by Crippen LogP contribution is -2.27. The third kappa shape index (κ3) is 3.24. The first-order valence-electron chi connectivity index (χ1n) is 7.39. The number of hydrogen-bond donors (Lipinski definition) is 1. The predicted molar refractivity (Wildman–Crippen MR) is 77.7 cm³/mol. The first-order chi connectivity index (χ1) is 9.44. The Labute approximate surface area is 121 Å². The Bertz CT molecular complexity index is 453. The van der Waals surface area contributed by atoms with Crippen molar-refractivity contribution in [1.82, 2.24) is 0 Å². The van der Waals surface area contributed by atoms with Gasteiger partial charge in [-0.2, -0.15) is 0 Å². The summed E-state index contributed by atoms with van der Waals surface area (Å²) in [5.41, 5.74) is -0.250. The van der Waals surface area contributed by atoms with E-state index in [0.29, 0.717) is 24.7 Å². The largest absolute Gasteiger partial charge is 0.462 e. The number of rotatable bonds is 4. The highest BCUT2D eigenvalue weighted by Gasteiger charge is 2.43. The standard InChI is InChI=1S/C17H24O3/c1-4-5-10-17(2,3)15(18)9-7-12-6-8-14-13(12)11-16(19)20-14/h7,9,12-15,18H,6,8,10-11H2,1-3H3/t12-,13-,14+,15+/m1/s1. The third-order valence-corrected chi connectivity index (χ3v) is 4.56. The Morgan fingerprint density at radius 3 is 2.95 bits per heavy atom. The minimum Gasteiger partial charge on any atom is -0.462 e. The molecule has 2 fully saturated rings. The van der Waals surface area contributed by atoms with Crippen molar-refractivity contribution in [2.24, 2.45) is 17.3 Å². The molecule has 0 radical (unpaired) electrons. The van der Waals surface area contributed by atoms with Crippen LogP contribution in [0.1, 0.15) is 46.5 Å². The molecule has 1 N–H and O–H groups in total. The number of fused-ring (bicyclic) bond motifs is 1. The molecule has 0 aromatic rings. The summed E-state index contributed by atoms with van der Waals surface area (Å²) in [7, 11) is 0. The van der Waals surface area contributed by atoms with E-state index in [9.17, 15) is 9.90 Å². The van der Waals surface area contributed by atoms with Gasteiger partial charge in [-0.15, -0.1) is 11.8 Å². The number of allylic oxidation sites excluding steroid dienone is 1. The van der Waals surface area contributed by atoms with Crippen LogP contribution in [0.2, 0.25) is 0 Å². The number of esters is 1. The summed E-state index contributed by atoms with van der Waals surface area (Å²) in [6.07, 6.45) is 6.75. The second kappa shape index (κ2) is 6.01. The molecule has 0 aromatic carbocycles. The molecule has 1 saturated heterocycles. The molecule has 110 valence electrons. The van der Waals surface area contributed by atoms with E-state index in [4.69, 9.17) is 4.74 Å². The van der Waals surface area contributed by atoms with Gasteiger partial charge in [0.1, 0.15) is 6.10 Å².